The Hall–Kier alpha value is -2.81. The van der Waals surface area contributed by atoms with E-state index in [2.05, 4.69) is 27.4 Å². The molecular formula is C22H21Cl2N5O2S. The zero-order chi connectivity index (χ0) is 23.1. The highest BCUT2D eigenvalue weighted by Crippen LogP contribution is 2.23. The van der Waals surface area contributed by atoms with Gasteiger partial charge in [0, 0.05) is 17.8 Å². The van der Waals surface area contributed by atoms with Crippen LogP contribution in [-0.2, 0) is 17.9 Å². The monoisotopic (exact) mass is 489 g/mol. The molecule has 7 nitrogen and oxygen atoms in total. The zero-order valence-corrected chi connectivity index (χ0v) is 19.6. The number of nitrogens with one attached hydrogen (secondary N) is 2. The first kappa shape index (κ1) is 23.8. The molecule has 0 aliphatic carbocycles. The molecule has 3 rings (SSSR count). The number of halogens is 2. The summed E-state index contributed by atoms with van der Waals surface area (Å²) >= 11 is 13.1. The number of thioether (sulfide) groups is 1. The summed E-state index contributed by atoms with van der Waals surface area (Å²) in [5, 5.41) is 15.2. The Morgan fingerprint density at radius 3 is 2.66 bits per heavy atom. The lowest BCUT2D eigenvalue weighted by atomic mass is 10.2. The Morgan fingerprint density at radius 1 is 1.16 bits per heavy atom. The van der Waals surface area contributed by atoms with E-state index in [4.69, 9.17) is 23.2 Å². The average Bonchev–Trinajstić information content (AvgIpc) is 3.16. The summed E-state index contributed by atoms with van der Waals surface area (Å²) in [7, 11) is 0. The summed E-state index contributed by atoms with van der Waals surface area (Å²) in [6, 6.07) is 12.2. The Bertz CT molecular complexity index is 1150. The minimum atomic E-state index is -0.316. The van der Waals surface area contributed by atoms with Gasteiger partial charge in [-0.1, -0.05) is 59.2 Å². The highest BCUT2D eigenvalue weighted by molar-refractivity contribution is 7.99. The van der Waals surface area contributed by atoms with Gasteiger partial charge >= 0.3 is 0 Å². The number of amides is 2. The lowest BCUT2D eigenvalue weighted by Gasteiger charge is -2.10. The largest absolute Gasteiger partial charge is 0.345 e. The molecule has 166 valence electrons. The van der Waals surface area contributed by atoms with Gasteiger partial charge < -0.3 is 15.2 Å². The molecule has 2 amide bonds. The SMILES string of the molecule is C=CCn1c(CNC(=O)c2ccc(Cl)c(Cl)c2)nnc1SCC(=O)Nc1ccccc1C. The molecule has 0 atom stereocenters. The van der Waals surface area contributed by atoms with E-state index in [0.717, 1.165) is 11.3 Å². The van der Waals surface area contributed by atoms with Crippen molar-refractivity contribution in [3.05, 3.63) is 82.1 Å². The zero-order valence-electron chi connectivity index (χ0n) is 17.3. The number of para-hydroxylation sites is 1. The van der Waals surface area contributed by atoms with Crippen molar-refractivity contribution in [1.82, 2.24) is 20.1 Å². The molecular weight excluding hydrogens is 469 g/mol. The normalized spacial score (nSPS) is 10.6. The van der Waals surface area contributed by atoms with E-state index in [-0.39, 0.29) is 24.1 Å². The van der Waals surface area contributed by atoms with Crippen LogP contribution in [0.3, 0.4) is 0 Å². The van der Waals surface area contributed by atoms with Gasteiger partial charge in [-0.15, -0.1) is 16.8 Å². The number of benzene rings is 2. The Morgan fingerprint density at radius 2 is 1.94 bits per heavy atom. The van der Waals surface area contributed by atoms with E-state index in [0.29, 0.717) is 33.1 Å². The summed E-state index contributed by atoms with van der Waals surface area (Å²) in [5.74, 6) is 0.245. The fourth-order valence-corrected chi connectivity index (χ4v) is 3.86. The maximum absolute atomic E-state index is 12.4. The average molecular weight is 490 g/mol. The number of carbonyl (C=O) groups is 2. The number of carbonyl (C=O) groups excluding carboxylic acids is 2. The third kappa shape index (κ3) is 6.12. The third-order valence-electron chi connectivity index (χ3n) is 4.45. The number of anilines is 1. The van der Waals surface area contributed by atoms with E-state index in [1.165, 1.54) is 17.8 Å². The molecule has 1 aromatic heterocycles. The van der Waals surface area contributed by atoms with Gasteiger partial charge in [0.25, 0.3) is 5.91 Å². The van der Waals surface area contributed by atoms with E-state index >= 15 is 0 Å². The molecule has 2 aromatic carbocycles. The molecule has 32 heavy (non-hydrogen) atoms. The molecule has 0 saturated heterocycles. The van der Waals surface area contributed by atoms with Gasteiger partial charge in [-0.2, -0.15) is 0 Å². The van der Waals surface area contributed by atoms with Gasteiger partial charge in [0.15, 0.2) is 11.0 Å². The topological polar surface area (TPSA) is 88.9 Å². The number of allylic oxidation sites excluding steroid dienone is 1. The molecule has 0 spiro atoms. The molecule has 0 aliphatic rings. The molecule has 0 radical (unpaired) electrons. The van der Waals surface area contributed by atoms with Gasteiger partial charge in [-0.25, -0.2) is 0 Å². The third-order valence-corrected chi connectivity index (χ3v) is 6.15. The predicted octanol–water partition coefficient (Wildman–Crippen LogP) is 4.74. The van der Waals surface area contributed by atoms with Crippen LogP contribution in [0.1, 0.15) is 21.7 Å². The number of aryl methyl sites for hydroxylation is 1. The van der Waals surface area contributed by atoms with E-state index < -0.39 is 0 Å². The molecule has 10 heteroatoms. The second-order valence-corrected chi connectivity index (χ2v) is 8.52. The molecule has 2 N–H and O–H groups in total. The molecule has 3 aromatic rings. The van der Waals surface area contributed by atoms with Crippen LogP contribution in [0.15, 0.2) is 60.3 Å². The van der Waals surface area contributed by atoms with Crippen LogP contribution in [0, 0.1) is 6.92 Å². The highest BCUT2D eigenvalue weighted by atomic mass is 35.5. The molecule has 0 fully saturated rings. The van der Waals surface area contributed by atoms with Crippen molar-refractivity contribution in [3.8, 4) is 0 Å². The maximum Gasteiger partial charge on any atom is 0.251 e. The molecule has 0 bridgehead atoms. The maximum atomic E-state index is 12.4. The minimum Gasteiger partial charge on any atom is -0.345 e. The van der Waals surface area contributed by atoms with Gasteiger partial charge in [0.1, 0.15) is 0 Å². The summed E-state index contributed by atoms with van der Waals surface area (Å²) in [6.45, 7) is 6.28. The van der Waals surface area contributed by atoms with Crippen molar-refractivity contribution in [3.63, 3.8) is 0 Å². The summed E-state index contributed by atoms with van der Waals surface area (Å²) in [5.41, 5.74) is 2.15. The molecule has 0 unspecified atom stereocenters. The number of hydrogen-bond acceptors (Lipinski definition) is 5. The lowest BCUT2D eigenvalue weighted by Crippen LogP contribution is -2.25. The summed E-state index contributed by atoms with van der Waals surface area (Å²) < 4.78 is 1.80. The first-order valence-corrected chi connectivity index (χ1v) is 11.4. The fourth-order valence-electron chi connectivity index (χ4n) is 2.80. The van der Waals surface area contributed by atoms with Crippen LogP contribution < -0.4 is 10.6 Å². The smallest absolute Gasteiger partial charge is 0.251 e. The highest BCUT2D eigenvalue weighted by Gasteiger charge is 2.15. The molecule has 1 heterocycles. The predicted molar refractivity (Wildman–Crippen MR) is 128 cm³/mol. The van der Waals surface area contributed by atoms with E-state index in [1.54, 1.807) is 22.8 Å². The van der Waals surface area contributed by atoms with Crippen LogP contribution in [0.5, 0.6) is 0 Å². The van der Waals surface area contributed by atoms with E-state index in [1.807, 2.05) is 31.2 Å². The Labute approximate surface area is 200 Å². The molecule has 0 aliphatic heterocycles. The van der Waals surface area contributed by atoms with Crippen molar-refractivity contribution in [1.29, 1.82) is 0 Å². The van der Waals surface area contributed by atoms with Crippen LogP contribution in [0.2, 0.25) is 10.0 Å². The van der Waals surface area contributed by atoms with Crippen molar-refractivity contribution >= 4 is 52.5 Å². The van der Waals surface area contributed by atoms with Crippen molar-refractivity contribution < 1.29 is 9.59 Å². The van der Waals surface area contributed by atoms with Crippen LogP contribution in [0.25, 0.3) is 0 Å². The van der Waals surface area contributed by atoms with Crippen molar-refractivity contribution in [2.45, 2.75) is 25.2 Å². The first-order chi connectivity index (χ1) is 15.4. The first-order valence-electron chi connectivity index (χ1n) is 9.63. The van der Waals surface area contributed by atoms with Crippen molar-refractivity contribution in [2.24, 2.45) is 0 Å². The van der Waals surface area contributed by atoms with Crippen LogP contribution in [0.4, 0.5) is 5.69 Å². The van der Waals surface area contributed by atoms with Gasteiger partial charge in [-0.05, 0) is 36.8 Å². The molecule has 0 saturated carbocycles. The van der Waals surface area contributed by atoms with Crippen LogP contribution in [-0.4, -0.2) is 32.3 Å². The van der Waals surface area contributed by atoms with Gasteiger partial charge in [0.2, 0.25) is 5.91 Å². The van der Waals surface area contributed by atoms with Gasteiger partial charge in [0.05, 0.1) is 22.3 Å². The number of rotatable bonds is 9. The Kier molecular flexibility index (Phi) is 8.33. The second kappa shape index (κ2) is 11.2. The fraction of sp³-hybridized carbons (Fsp3) is 0.182. The lowest BCUT2D eigenvalue weighted by molar-refractivity contribution is -0.113. The van der Waals surface area contributed by atoms with Crippen LogP contribution >= 0.6 is 35.0 Å². The number of hydrogen-bond donors (Lipinski definition) is 2. The second-order valence-electron chi connectivity index (χ2n) is 6.76. The summed E-state index contributed by atoms with van der Waals surface area (Å²) in [6.07, 6.45) is 1.70. The summed E-state index contributed by atoms with van der Waals surface area (Å²) in [4.78, 5) is 24.8. The minimum absolute atomic E-state index is 0.146. The standard InChI is InChI=1S/C22H21Cl2N5O2S/c1-3-10-29-19(12-25-21(31)15-8-9-16(23)17(24)11-15)27-28-22(29)32-13-20(30)26-18-7-5-4-6-14(18)2/h3-9,11H,1,10,12-13H2,2H3,(H,25,31)(H,26,30). The Balaban J connectivity index is 1.62. The quantitative estimate of drug-likeness (QED) is 0.334. The van der Waals surface area contributed by atoms with Crippen molar-refractivity contribution in [2.75, 3.05) is 11.1 Å². The number of aromatic nitrogens is 3. The number of nitrogens with zero attached hydrogens (tertiary/aromatic N) is 3. The van der Waals surface area contributed by atoms with Gasteiger partial charge in [-0.3, -0.25) is 9.59 Å². The van der Waals surface area contributed by atoms with E-state index in [9.17, 15) is 9.59 Å².